The fourth-order valence-corrected chi connectivity index (χ4v) is 4.05. The van der Waals surface area contributed by atoms with E-state index in [9.17, 15) is 14.4 Å². The van der Waals surface area contributed by atoms with Crippen LogP contribution in [-0.4, -0.2) is 64.5 Å². The maximum Gasteiger partial charge on any atom is 0.275 e. The van der Waals surface area contributed by atoms with Gasteiger partial charge in [0.05, 0.1) is 6.54 Å². The van der Waals surface area contributed by atoms with Gasteiger partial charge in [-0.15, -0.1) is 5.10 Å². The number of nitrogens with one attached hydrogen (secondary N) is 1. The van der Waals surface area contributed by atoms with Crippen molar-refractivity contribution in [1.29, 1.82) is 0 Å². The van der Waals surface area contributed by atoms with Gasteiger partial charge in [0.1, 0.15) is 0 Å². The van der Waals surface area contributed by atoms with E-state index < -0.39 is 0 Å². The van der Waals surface area contributed by atoms with Crippen molar-refractivity contribution in [2.45, 2.75) is 39.0 Å². The maximum atomic E-state index is 12.2. The normalized spacial score (nSPS) is 14.1. The molecule has 10 heteroatoms. The summed E-state index contributed by atoms with van der Waals surface area (Å²) in [6.45, 7) is 4.20. The van der Waals surface area contributed by atoms with Crippen molar-refractivity contribution in [2.75, 3.05) is 38.1 Å². The summed E-state index contributed by atoms with van der Waals surface area (Å²) in [5.41, 5.74) is 0.560. The third-order valence-electron chi connectivity index (χ3n) is 4.60. The minimum atomic E-state index is -0.203. The smallest absolute Gasteiger partial charge is 0.275 e. The summed E-state index contributed by atoms with van der Waals surface area (Å²) in [7, 11) is 1.76. The summed E-state index contributed by atoms with van der Waals surface area (Å²) in [6.07, 6.45) is 3.97. The lowest BCUT2D eigenvalue weighted by Crippen LogP contribution is -2.37. The number of carbonyl (C=O) groups is 2. The highest BCUT2D eigenvalue weighted by atomic mass is 32.1. The van der Waals surface area contributed by atoms with Crippen LogP contribution in [0.4, 0.5) is 5.13 Å². The van der Waals surface area contributed by atoms with E-state index in [1.165, 1.54) is 21.9 Å². The highest BCUT2D eigenvalue weighted by molar-refractivity contribution is 7.20. The van der Waals surface area contributed by atoms with Crippen LogP contribution in [-0.2, 0) is 16.0 Å². The predicted octanol–water partition coefficient (Wildman–Crippen LogP) is 0.668. The molecule has 1 N–H and O–H groups in total. The summed E-state index contributed by atoms with van der Waals surface area (Å²) >= 11 is 1.29. The fourth-order valence-electron chi connectivity index (χ4n) is 3.16. The van der Waals surface area contributed by atoms with E-state index in [2.05, 4.69) is 15.4 Å². The van der Waals surface area contributed by atoms with Crippen molar-refractivity contribution < 1.29 is 9.59 Å². The van der Waals surface area contributed by atoms with Crippen LogP contribution in [0, 0.1) is 0 Å². The second kappa shape index (κ2) is 9.13. The maximum absolute atomic E-state index is 12.2. The zero-order valence-corrected chi connectivity index (χ0v) is 17.1. The molecule has 0 unspecified atom stereocenters. The molecule has 152 valence electrons. The molecule has 2 amide bonds. The third-order valence-corrected chi connectivity index (χ3v) is 5.62. The van der Waals surface area contributed by atoms with E-state index in [0.29, 0.717) is 29.6 Å². The number of likely N-dealkylation sites (N-methyl/N-ethyl adjacent to an activating group) is 1. The molecule has 1 aliphatic rings. The van der Waals surface area contributed by atoms with E-state index >= 15 is 0 Å². The molecule has 3 heterocycles. The third kappa shape index (κ3) is 4.86. The summed E-state index contributed by atoms with van der Waals surface area (Å²) in [5.74, 6) is 0.0781. The molecule has 0 saturated carbocycles. The first-order chi connectivity index (χ1) is 13.5. The topological polar surface area (TPSA) is 99.9 Å². The van der Waals surface area contributed by atoms with E-state index in [1.54, 1.807) is 11.9 Å². The van der Waals surface area contributed by atoms with E-state index in [0.717, 1.165) is 37.9 Å². The van der Waals surface area contributed by atoms with Crippen molar-refractivity contribution in [2.24, 2.45) is 0 Å². The summed E-state index contributed by atoms with van der Waals surface area (Å²) in [5, 5.41) is 7.72. The van der Waals surface area contributed by atoms with Gasteiger partial charge >= 0.3 is 0 Å². The van der Waals surface area contributed by atoms with Gasteiger partial charge in [0, 0.05) is 44.9 Å². The van der Waals surface area contributed by atoms with Crippen molar-refractivity contribution in [3.8, 4) is 0 Å². The van der Waals surface area contributed by atoms with Crippen LogP contribution in [0.1, 0.15) is 38.3 Å². The Bertz CT molecular complexity index is 908. The SMILES string of the molecule is CCCc1cc(=O)n2nc(N(C)CC(=O)NCCCN3CCCC3=O)sc2n1. The molecule has 3 rings (SSSR count). The number of hydrogen-bond acceptors (Lipinski definition) is 7. The molecule has 28 heavy (non-hydrogen) atoms. The first kappa shape index (κ1) is 20.2. The first-order valence-corrected chi connectivity index (χ1v) is 10.4. The quantitative estimate of drug-likeness (QED) is 0.615. The lowest BCUT2D eigenvalue weighted by molar-refractivity contribution is -0.127. The predicted molar refractivity (Wildman–Crippen MR) is 108 cm³/mol. The average molecular weight is 407 g/mol. The largest absolute Gasteiger partial charge is 0.354 e. The van der Waals surface area contributed by atoms with Crippen LogP contribution in [0.2, 0.25) is 0 Å². The molecule has 2 aromatic rings. The first-order valence-electron chi connectivity index (χ1n) is 9.63. The molecule has 1 aliphatic heterocycles. The molecule has 2 aromatic heterocycles. The van der Waals surface area contributed by atoms with Gasteiger partial charge in [0.25, 0.3) is 5.56 Å². The van der Waals surface area contributed by atoms with Gasteiger partial charge < -0.3 is 15.1 Å². The van der Waals surface area contributed by atoms with Gasteiger partial charge in [-0.3, -0.25) is 14.4 Å². The van der Waals surface area contributed by atoms with Gasteiger partial charge in [-0.1, -0.05) is 24.7 Å². The van der Waals surface area contributed by atoms with Crippen molar-refractivity contribution >= 4 is 33.2 Å². The van der Waals surface area contributed by atoms with Crippen LogP contribution in [0.25, 0.3) is 4.96 Å². The Morgan fingerprint density at radius 3 is 2.93 bits per heavy atom. The van der Waals surface area contributed by atoms with Crippen molar-refractivity contribution in [1.82, 2.24) is 24.8 Å². The Labute approximate surface area is 167 Å². The molecule has 0 bridgehead atoms. The molecule has 0 radical (unpaired) electrons. The minimum absolute atomic E-state index is 0.124. The Balaban J connectivity index is 1.51. The van der Waals surface area contributed by atoms with Crippen molar-refractivity contribution in [3.05, 3.63) is 22.1 Å². The van der Waals surface area contributed by atoms with E-state index in [-0.39, 0.29) is 23.9 Å². The summed E-state index contributed by atoms with van der Waals surface area (Å²) in [4.78, 5) is 44.5. The van der Waals surface area contributed by atoms with Crippen molar-refractivity contribution in [3.63, 3.8) is 0 Å². The lowest BCUT2D eigenvalue weighted by atomic mass is 10.2. The number of likely N-dealkylation sites (tertiary alicyclic amines) is 1. The second-order valence-electron chi connectivity index (χ2n) is 6.96. The molecule has 0 aliphatic carbocycles. The van der Waals surface area contributed by atoms with Crippen LogP contribution < -0.4 is 15.8 Å². The molecule has 0 atom stereocenters. The number of anilines is 1. The molecular formula is C18H26N6O3S. The Morgan fingerprint density at radius 2 is 2.21 bits per heavy atom. The number of nitrogens with zero attached hydrogens (tertiary/aromatic N) is 5. The number of amides is 2. The van der Waals surface area contributed by atoms with Gasteiger partial charge in [-0.2, -0.15) is 4.52 Å². The highest BCUT2D eigenvalue weighted by Crippen LogP contribution is 2.20. The van der Waals surface area contributed by atoms with Crippen LogP contribution >= 0.6 is 11.3 Å². The number of aryl methyl sites for hydroxylation is 1. The minimum Gasteiger partial charge on any atom is -0.354 e. The molecule has 1 saturated heterocycles. The summed E-state index contributed by atoms with van der Waals surface area (Å²) < 4.78 is 1.28. The second-order valence-corrected chi connectivity index (χ2v) is 7.89. The molecule has 0 aromatic carbocycles. The van der Waals surface area contributed by atoms with Gasteiger partial charge in [-0.25, -0.2) is 4.98 Å². The van der Waals surface area contributed by atoms with Crippen LogP contribution in [0.5, 0.6) is 0 Å². The molecule has 9 nitrogen and oxygen atoms in total. The van der Waals surface area contributed by atoms with Gasteiger partial charge in [0.2, 0.25) is 21.9 Å². The van der Waals surface area contributed by atoms with Gasteiger partial charge in [-0.05, 0) is 19.3 Å². The Morgan fingerprint density at radius 1 is 1.39 bits per heavy atom. The fraction of sp³-hybridized carbons (Fsp3) is 0.611. The number of carbonyl (C=O) groups excluding carboxylic acids is 2. The zero-order chi connectivity index (χ0) is 20.1. The number of aromatic nitrogens is 3. The Kier molecular flexibility index (Phi) is 6.61. The standard InChI is InChI=1S/C18H26N6O3S/c1-3-6-13-11-16(27)24-17(20-13)28-18(21-24)22(2)12-14(25)19-8-5-10-23-9-4-7-15(23)26/h11H,3-10,12H2,1-2H3,(H,19,25). The van der Waals surface area contributed by atoms with Crippen LogP contribution in [0.15, 0.2) is 10.9 Å². The molecule has 0 spiro atoms. The van der Waals surface area contributed by atoms with E-state index in [4.69, 9.17) is 0 Å². The van der Waals surface area contributed by atoms with Crippen LogP contribution in [0.3, 0.4) is 0 Å². The number of rotatable bonds is 9. The zero-order valence-electron chi connectivity index (χ0n) is 16.3. The number of hydrogen-bond donors (Lipinski definition) is 1. The molecule has 1 fully saturated rings. The summed E-state index contributed by atoms with van der Waals surface area (Å²) in [6, 6.07) is 1.51. The average Bonchev–Trinajstić information content (AvgIpc) is 3.25. The monoisotopic (exact) mass is 406 g/mol. The van der Waals surface area contributed by atoms with Gasteiger partial charge in [0.15, 0.2) is 0 Å². The lowest BCUT2D eigenvalue weighted by Gasteiger charge is -2.17. The highest BCUT2D eigenvalue weighted by Gasteiger charge is 2.19. The molecular weight excluding hydrogens is 380 g/mol. The Hall–Kier alpha value is -2.49. The number of fused-ring (bicyclic) bond motifs is 1. The van der Waals surface area contributed by atoms with E-state index in [1.807, 2.05) is 11.8 Å².